The number of aliphatic hydroxyl groups is 8. The minimum atomic E-state index is -1.79. The average molecular weight is 797 g/mol. The van der Waals surface area contributed by atoms with E-state index < -0.39 is 97.5 Å². The van der Waals surface area contributed by atoms with E-state index in [1.54, 1.807) is 0 Å². The van der Waals surface area contributed by atoms with Gasteiger partial charge in [-0.25, -0.2) is 0 Å². The minimum absolute atomic E-state index is 0.00269. The zero-order valence-corrected chi connectivity index (χ0v) is 33.9. The van der Waals surface area contributed by atoms with Gasteiger partial charge in [-0.3, -0.25) is 4.79 Å². The van der Waals surface area contributed by atoms with Crippen LogP contribution in [-0.4, -0.2) is 139 Å². The van der Waals surface area contributed by atoms with Gasteiger partial charge in [-0.15, -0.1) is 0 Å². The fourth-order valence-electron chi connectivity index (χ4n) is 13.7. The van der Waals surface area contributed by atoms with Gasteiger partial charge in [0.1, 0.15) is 48.8 Å². The van der Waals surface area contributed by atoms with Gasteiger partial charge in [0, 0.05) is 5.41 Å². The van der Waals surface area contributed by atoms with Crippen molar-refractivity contribution in [3.8, 4) is 0 Å². The molecule has 0 spiro atoms. The lowest BCUT2D eigenvalue weighted by Crippen LogP contribution is -2.67. The van der Waals surface area contributed by atoms with Crippen molar-refractivity contribution in [2.45, 2.75) is 173 Å². The van der Waals surface area contributed by atoms with Crippen molar-refractivity contribution >= 4 is 5.97 Å². The summed E-state index contributed by atoms with van der Waals surface area (Å²) in [7, 11) is 0. The van der Waals surface area contributed by atoms with E-state index in [2.05, 4.69) is 40.7 Å². The molecule has 7 aliphatic rings. The van der Waals surface area contributed by atoms with Crippen LogP contribution in [0, 0.1) is 50.2 Å². The minimum Gasteiger partial charge on any atom is -0.481 e. The third-order valence-electron chi connectivity index (χ3n) is 17.4. The molecule has 0 amide bonds. The fourth-order valence-corrected chi connectivity index (χ4v) is 13.7. The summed E-state index contributed by atoms with van der Waals surface area (Å²) in [6.45, 7) is 12.2. The Morgan fingerprint density at radius 3 is 1.98 bits per heavy atom. The highest BCUT2D eigenvalue weighted by Gasteiger charge is 2.70. The lowest BCUT2D eigenvalue weighted by Gasteiger charge is -2.71. The second-order valence-corrected chi connectivity index (χ2v) is 20.5. The first-order valence-corrected chi connectivity index (χ1v) is 21.0. The summed E-state index contributed by atoms with van der Waals surface area (Å²) in [6.07, 6.45) is -6.00. The van der Waals surface area contributed by atoms with Crippen LogP contribution < -0.4 is 0 Å². The number of carboxylic acid groups (broad SMARTS) is 1. The van der Waals surface area contributed by atoms with Gasteiger partial charge in [-0.1, -0.05) is 53.2 Å². The van der Waals surface area contributed by atoms with Crippen molar-refractivity contribution < 1.29 is 69.7 Å². The van der Waals surface area contributed by atoms with Crippen LogP contribution in [0.15, 0.2) is 11.6 Å². The van der Waals surface area contributed by atoms with Gasteiger partial charge < -0.3 is 64.9 Å². The molecule has 2 heterocycles. The van der Waals surface area contributed by atoms with Crippen molar-refractivity contribution in [1.29, 1.82) is 0 Å². The summed E-state index contributed by atoms with van der Waals surface area (Å²) in [6, 6.07) is 0. The molecule has 7 rings (SSSR count). The van der Waals surface area contributed by atoms with E-state index in [0.717, 1.165) is 44.9 Å². The molecular weight excluding hydrogens is 728 g/mol. The van der Waals surface area contributed by atoms with Crippen molar-refractivity contribution in [3.63, 3.8) is 0 Å². The monoisotopic (exact) mass is 796 g/mol. The highest BCUT2D eigenvalue weighted by Crippen LogP contribution is 2.76. The number of aliphatic hydroxyl groups excluding tert-OH is 8. The number of carbonyl (C=O) groups is 1. The molecule has 320 valence electrons. The van der Waals surface area contributed by atoms with E-state index in [9.17, 15) is 50.8 Å². The van der Waals surface area contributed by atoms with Crippen molar-refractivity contribution in [2.24, 2.45) is 50.2 Å². The highest BCUT2D eigenvalue weighted by molar-refractivity contribution is 5.76. The summed E-state index contributed by atoms with van der Waals surface area (Å²) in [4.78, 5) is 13.1. The molecule has 0 radical (unpaired) electrons. The highest BCUT2D eigenvalue weighted by atomic mass is 16.8. The molecule has 4 saturated carbocycles. The number of carboxylic acids is 1. The van der Waals surface area contributed by atoms with Crippen LogP contribution in [-0.2, 0) is 23.7 Å². The number of hydrogen-bond acceptors (Lipinski definition) is 13. The molecular formula is C42H68O14. The van der Waals surface area contributed by atoms with Crippen LogP contribution in [0.3, 0.4) is 0 Å². The lowest BCUT2D eigenvalue weighted by molar-refractivity contribution is -0.379. The van der Waals surface area contributed by atoms with Crippen LogP contribution in [0.2, 0.25) is 0 Å². The summed E-state index contributed by atoms with van der Waals surface area (Å²) in [5.41, 5.74) is -0.607. The van der Waals surface area contributed by atoms with Gasteiger partial charge >= 0.3 is 5.97 Å². The maximum absolute atomic E-state index is 13.1. The van der Waals surface area contributed by atoms with Crippen molar-refractivity contribution in [3.05, 3.63) is 11.6 Å². The molecule has 0 unspecified atom stereocenters. The molecule has 2 aliphatic heterocycles. The maximum Gasteiger partial charge on any atom is 0.310 e. The zero-order chi connectivity index (χ0) is 41.0. The van der Waals surface area contributed by atoms with Gasteiger partial charge in [0.2, 0.25) is 0 Å². The standard InChI is InChI=1S/C42H68O14/c1-37(2)13-15-42(36(51)52)16-14-40(5)21(22(42)17-37)7-8-26-38(3)11-10-27(39(4,20-45)25(38)9-12-41(26,40)6)55-35-33(31(49)29(47)24(19-44)54-35)56-34-32(50)30(48)28(46)23(18-43)53-34/h7,22-35,43-50H,8-20H2,1-6H3,(H,51,52)/t22-,23+,24+,25-,26+,27-,28+,29+,30-,31-,32+,33+,34-,35-,38-,39-,40+,41+,42-/m0/s1. The fraction of sp³-hybridized carbons (Fsp3) is 0.929. The molecule has 19 atom stereocenters. The van der Waals surface area contributed by atoms with Gasteiger partial charge in [0.05, 0.1) is 31.3 Å². The summed E-state index contributed by atoms with van der Waals surface area (Å²) in [5, 5.41) is 95.5. The number of rotatable bonds is 8. The largest absolute Gasteiger partial charge is 0.481 e. The first-order chi connectivity index (χ1) is 26.2. The summed E-state index contributed by atoms with van der Waals surface area (Å²) >= 11 is 0. The van der Waals surface area contributed by atoms with Crippen LogP contribution in [0.5, 0.6) is 0 Å². The van der Waals surface area contributed by atoms with Gasteiger partial charge in [-0.2, -0.15) is 0 Å². The molecule has 0 aromatic heterocycles. The maximum atomic E-state index is 13.1. The Labute approximate surface area is 330 Å². The van der Waals surface area contributed by atoms with Crippen LogP contribution in [0.4, 0.5) is 0 Å². The van der Waals surface area contributed by atoms with Crippen LogP contribution in [0.25, 0.3) is 0 Å². The Morgan fingerprint density at radius 1 is 0.732 bits per heavy atom. The Hall–Kier alpha value is -1.27. The van der Waals surface area contributed by atoms with Crippen LogP contribution >= 0.6 is 0 Å². The molecule has 5 aliphatic carbocycles. The van der Waals surface area contributed by atoms with E-state index in [4.69, 9.17) is 18.9 Å². The average Bonchev–Trinajstić information content (AvgIpc) is 3.15. The third kappa shape index (κ3) is 6.21. The molecule has 14 heteroatoms. The Morgan fingerprint density at radius 2 is 1.36 bits per heavy atom. The first kappa shape index (κ1) is 42.8. The van der Waals surface area contributed by atoms with E-state index in [0.29, 0.717) is 19.3 Å². The van der Waals surface area contributed by atoms with Crippen LogP contribution in [0.1, 0.15) is 106 Å². The van der Waals surface area contributed by atoms with E-state index in [-0.39, 0.29) is 46.0 Å². The molecule has 0 bridgehead atoms. The lowest BCUT2D eigenvalue weighted by atomic mass is 9.33. The molecule has 2 saturated heterocycles. The van der Waals surface area contributed by atoms with Crippen molar-refractivity contribution in [1.82, 2.24) is 0 Å². The molecule has 0 aromatic rings. The SMILES string of the molecule is CC1(C)CC[C@]2(C(=O)O)CC[C@]3(C)C(=CC[C@@H]4[C@@]5(C)CC[C@H](O[C@@H]6O[C@H](CO)[C@@H](O)[C@H](O)[C@H]6O[C@@H]6O[C@H](CO)[C@@H](O)[C@H](O)[C@H]6O)[C@@](C)(CO)[C@H]5CC[C@]43C)[C@@H]2C1. The number of ether oxygens (including phenoxy) is 4. The molecule has 0 aromatic carbocycles. The molecule has 56 heavy (non-hydrogen) atoms. The first-order valence-electron chi connectivity index (χ1n) is 21.0. The Bertz CT molecular complexity index is 1500. The topological polar surface area (TPSA) is 236 Å². The van der Waals surface area contributed by atoms with E-state index in [1.807, 2.05) is 6.92 Å². The van der Waals surface area contributed by atoms with Gasteiger partial charge in [0.25, 0.3) is 0 Å². The van der Waals surface area contributed by atoms with E-state index >= 15 is 0 Å². The second kappa shape index (κ2) is 14.7. The Kier molecular flexibility index (Phi) is 11.3. The predicted octanol–water partition coefficient (Wildman–Crippen LogP) is 1.85. The van der Waals surface area contributed by atoms with Crippen molar-refractivity contribution in [2.75, 3.05) is 19.8 Å². The Balaban J connectivity index is 1.17. The molecule has 6 fully saturated rings. The number of hydrogen-bond donors (Lipinski definition) is 9. The summed E-state index contributed by atoms with van der Waals surface area (Å²) < 4.78 is 24.3. The number of fused-ring (bicyclic) bond motifs is 7. The zero-order valence-electron chi connectivity index (χ0n) is 33.9. The smallest absolute Gasteiger partial charge is 0.310 e. The number of aliphatic carboxylic acids is 1. The summed E-state index contributed by atoms with van der Waals surface area (Å²) in [5.74, 6) is -0.394. The van der Waals surface area contributed by atoms with Gasteiger partial charge in [0.15, 0.2) is 12.6 Å². The molecule has 9 N–H and O–H groups in total. The predicted molar refractivity (Wildman–Crippen MR) is 199 cm³/mol. The normalized spacial score (nSPS) is 54.1. The van der Waals surface area contributed by atoms with E-state index in [1.165, 1.54) is 5.57 Å². The molecule has 14 nitrogen and oxygen atoms in total. The quantitative estimate of drug-likeness (QED) is 0.126. The van der Waals surface area contributed by atoms with Gasteiger partial charge in [-0.05, 0) is 104 Å². The third-order valence-corrected chi connectivity index (χ3v) is 17.4. The number of allylic oxidation sites excluding steroid dienone is 2. The second-order valence-electron chi connectivity index (χ2n) is 20.5.